The van der Waals surface area contributed by atoms with Crippen molar-refractivity contribution in [2.75, 3.05) is 25.4 Å². The van der Waals surface area contributed by atoms with E-state index in [0.29, 0.717) is 18.1 Å². The van der Waals surface area contributed by atoms with Crippen molar-refractivity contribution in [1.29, 1.82) is 0 Å². The molecule has 0 bridgehead atoms. The van der Waals surface area contributed by atoms with E-state index in [1.165, 1.54) is 4.31 Å². The highest BCUT2D eigenvalue weighted by molar-refractivity contribution is 7.89. The first-order valence-corrected chi connectivity index (χ1v) is 13.3. The number of hydrogen-bond donors (Lipinski definition) is 2. The number of rotatable bonds is 12. The smallest absolute Gasteiger partial charge is 0.214 e. The number of sulfonamides is 1. The zero-order valence-corrected chi connectivity index (χ0v) is 20.6. The Morgan fingerprint density at radius 2 is 1.68 bits per heavy atom. The molecule has 0 saturated carbocycles. The molecule has 0 amide bonds. The van der Waals surface area contributed by atoms with Crippen LogP contribution in [0.2, 0.25) is 0 Å². The van der Waals surface area contributed by atoms with Gasteiger partial charge in [-0.05, 0) is 37.7 Å². The van der Waals surface area contributed by atoms with Crippen LogP contribution in [0.4, 0.5) is 0 Å². The summed E-state index contributed by atoms with van der Waals surface area (Å²) in [5.74, 6) is 1.16. The summed E-state index contributed by atoms with van der Waals surface area (Å²) in [5.41, 5.74) is 2.83. The molecule has 180 valence electrons. The Hall–Kier alpha value is -3.01. The average Bonchev–Trinajstić information content (AvgIpc) is 3.49. The van der Waals surface area contributed by atoms with Gasteiger partial charge in [0.05, 0.1) is 12.3 Å². The molecular formula is C25H32N6O2S. The van der Waals surface area contributed by atoms with E-state index in [0.717, 1.165) is 41.7 Å². The van der Waals surface area contributed by atoms with Gasteiger partial charge in [-0.1, -0.05) is 62.4 Å². The Morgan fingerprint density at radius 3 is 2.44 bits per heavy atom. The second-order valence-corrected chi connectivity index (χ2v) is 10.4. The SMILES string of the molecule is CCN(CC)CCCS(=O)(=O)N(Cc1ccccc1)Cc1nc(-c2c[nH]c3ccccc23)n[nH]1. The van der Waals surface area contributed by atoms with Crippen LogP contribution >= 0.6 is 0 Å². The van der Waals surface area contributed by atoms with E-state index in [4.69, 9.17) is 0 Å². The molecule has 0 radical (unpaired) electrons. The molecular weight excluding hydrogens is 448 g/mol. The summed E-state index contributed by atoms with van der Waals surface area (Å²) in [7, 11) is -3.50. The van der Waals surface area contributed by atoms with Crippen molar-refractivity contribution in [2.24, 2.45) is 0 Å². The Balaban J connectivity index is 1.54. The van der Waals surface area contributed by atoms with E-state index >= 15 is 0 Å². The zero-order valence-electron chi connectivity index (χ0n) is 19.7. The average molecular weight is 481 g/mol. The summed E-state index contributed by atoms with van der Waals surface area (Å²) in [4.78, 5) is 10.1. The normalized spacial score (nSPS) is 12.2. The third-order valence-electron chi connectivity index (χ3n) is 6.05. The van der Waals surface area contributed by atoms with Crippen LogP contribution < -0.4 is 0 Å². The van der Waals surface area contributed by atoms with Gasteiger partial charge in [0.2, 0.25) is 10.0 Å². The van der Waals surface area contributed by atoms with Gasteiger partial charge in [0.15, 0.2) is 5.82 Å². The highest BCUT2D eigenvalue weighted by atomic mass is 32.2. The molecule has 0 fully saturated rings. The van der Waals surface area contributed by atoms with Crippen molar-refractivity contribution in [3.05, 3.63) is 72.2 Å². The number of aromatic amines is 2. The summed E-state index contributed by atoms with van der Waals surface area (Å²) in [5, 5.41) is 8.35. The molecule has 2 aromatic heterocycles. The fourth-order valence-corrected chi connectivity index (χ4v) is 5.51. The van der Waals surface area contributed by atoms with E-state index in [-0.39, 0.29) is 18.8 Å². The molecule has 0 atom stereocenters. The molecule has 4 rings (SSSR count). The number of benzene rings is 2. The lowest BCUT2D eigenvalue weighted by atomic mass is 10.2. The van der Waals surface area contributed by atoms with E-state index in [1.54, 1.807) is 0 Å². The molecule has 2 aromatic carbocycles. The number of H-pyrrole nitrogens is 2. The minimum Gasteiger partial charge on any atom is -0.360 e. The maximum atomic E-state index is 13.3. The minimum atomic E-state index is -3.50. The first-order chi connectivity index (χ1) is 16.5. The van der Waals surface area contributed by atoms with Crippen molar-refractivity contribution in [2.45, 2.75) is 33.4 Å². The van der Waals surface area contributed by atoms with Gasteiger partial charge < -0.3 is 9.88 Å². The summed E-state index contributed by atoms with van der Waals surface area (Å²) in [6, 6.07) is 17.6. The number of fused-ring (bicyclic) bond motifs is 1. The van der Waals surface area contributed by atoms with E-state index in [9.17, 15) is 8.42 Å². The topological polar surface area (TPSA) is 98.0 Å². The highest BCUT2D eigenvalue weighted by Crippen LogP contribution is 2.26. The molecule has 4 aromatic rings. The molecule has 0 aliphatic carbocycles. The van der Waals surface area contributed by atoms with Crippen molar-refractivity contribution < 1.29 is 8.42 Å². The Morgan fingerprint density at radius 1 is 0.941 bits per heavy atom. The largest absolute Gasteiger partial charge is 0.360 e. The first-order valence-electron chi connectivity index (χ1n) is 11.7. The quantitative estimate of drug-likeness (QED) is 0.319. The lowest BCUT2D eigenvalue weighted by Crippen LogP contribution is -2.34. The van der Waals surface area contributed by atoms with Gasteiger partial charge >= 0.3 is 0 Å². The predicted molar refractivity (Wildman–Crippen MR) is 136 cm³/mol. The molecule has 0 aliphatic heterocycles. The number of nitrogens with zero attached hydrogens (tertiary/aromatic N) is 4. The van der Waals surface area contributed by atoms with Crippen LogP contribution in [0, 0.1) is 0 Å². The molecule has 2 N–H and O–H groups in total. The summed E-state index contributed by atoms with van der Waals surface area (Å²) < 4.78 is 28.2. The van der Waals surface area contributed by atoms with Crippen LogP contribution in [0.5, 0.6) is 0 Å². The van der Waals surface area contributed by atoms with Crippen molar-refractivity contribution in [3.63, 3.8) is 0 Å². The van der Waals surface area contributed by atoms with Gasteiger partial charge in [0.25, 0.3) is 0 Å². The molecule has 0 spiro atoms. The minimum absolute atomic E-state index is 0.0970. The van der Waals surface area contributed by atoms with Gasteiger partial charge in [-0.3, -0.25) is 5.10 Å². The molecule has 0 unspecified atom stereocenters. The summed E-state index contributed by atoms with van der Waals surface area (Å²) >= 11 is 0. The van der Waals surface area contributed by atoms with Gasteiger partial charge in [-0.15, -0.1) is 0 Å². The van der Waals surface area contributed by atoms with Crippen molar-refractivity contribution >= 4 is 20.9 Å². The predicted octanol–water partition coefficient (Wildman–Crippen LogP) is 4.02. The number of nitrogens with one attached hydrogen (secondary N) is 2. The van der Waals surface area contributed by atoms with Crippen molar-refractivity contribution in [3.8, 4) is 11.4 Å². The van der Waals surface area contributed by atoms with Gasteiger partial charge in [0, 0.05) is 29.2 Å². The van der Waals surface area contributed by atoms with Gasteiger partial charge in [0.1, 0.15) is 5.82 Å². The van der Waals surface area contributed by atoms with E-state index < -0.39 is 10.0 Å². The van der Waals surface area contributed by atoms with Gasteiger partial charge in [-0.2, -0.15) is 9.40 Å². The van der Waals surface area contributed by atoms with Crippen LogP contribution in [0.1, 0.15) is 31.7 Å². The first kappa shape index (κ1) is 24.1. The molecule has 2 heterocycles. The second-order valence-electron chi connectivity index (χ2n) is 8.30. The summed E-state index contributed by atoms with van der Waals surface area (Å²) in [6.45, 7) is 7.20. The molecule has 34 heavy (non-hydrogen) atoms. The van der Waals surface area contributed by atoms with Crippen LogP contribution in [0.25, 0.3) is 22.3 Å². The highest BCUT2D eigenvalue weighted by Gasteiger charge is 2.24. The van der Waals surface area contributed by atoms with Crippen LogP contribution in [-0.2, 0) is 23.1 Å². The number of hydrogen-bond acceptors (Lipinski definition) is 5. The van der Waals surface area contributed by atoms with Crippen LogP contribution in [-0.4, -0.2) is 63.2 Å². The fourth-order valence-electron chi connectivity index (χ4n) is 4.09. The van der Waals surface area contributed by atoms with E-state index in [1.807, 2.05) is 60.8 Å². The summed E-state index contributed by atoms with van der Waals surface area (Å²) in [6.07, 6.45) is 2.47. The third-order valence-corrected chi connectivity index (χ3v) is 7.90. The molecule has 9 heteroatoms. The number of para-hydroxylation sites is 1. The lowest BCUT2D eigenvalue weighted by molar-refractivity contribution is 0.303. The van der Waals surface area contributed by atoms with E-state index in [2.05, 4.69) is 38.9 Å². The van der Waals surface area contributed by atoms with Crippen LogP contribution in [0.15, 0.2) is 60.8 Å². The molecule has 0 aliphatic rings. The zero-order chi connectivity index (χ0) is 24.0. The Labute approximate surface area is 201 Å². The van der Waals surface area contributed by atoms with Crippen LogP contribution in [0.3, 0.4) is 0 Å². The standard InChI is InChI=1S/C25H32N6O2S/c1-3-30(4-2)15-10-16-34(32,33)31(18-20-11-6-5-7-12-20)19-24-27-25(29-28-24)22-17-26-23-14-9-8-13-21(22)23/h5-9,11-14,17,26H,3-4,10,15-16,18-19H2,1-2H3,(H,27,28,29). The maximum Gasteiger partial charge on any atom is 0.214 e. The number of aromatic nitrogens is 4. The fraction of sp³-hybridized carbons (Fsp3) is 0.360. The lowest BCUT2D eigenvalue weighted by Gasteiger charge is -2.23. The van der Waals surface area contributed by atoms with Crippen molar-refractivity contribution in [1.82, 2.24) is 29.4 Å². The Kier molecular flexibility index (Phi) is 7.77. The van der Waals surface area contributed by atoms with Gasteiger partial charge in [-0.25, -0.2) is 13.4 Å². The maximum absolute atomic E-state index is 13.3. The second kappa shape index (κ2) is 10.9. The third kappa shape index (κ3) is 5.72. The monoisotopic (exact) mass is 480 g/mol. The molecule has 8 nitrogen and oxygen atoms in total. The Bertz CT molecular complexity index is 1300. The molecule has 0 saturated heterocycles.